The summed E-state index contributed by atoms with van der Waals surface area (Å²) in [6, 6.07) is 5.78. The van der Waals surface area contributed by atoms with Crippen molar-refractivity contribution in [2.75, 3.05) is 19.0 Å². The second-order valence-electron chi connectivity index (χ2n) is 4.92. The van der Waals surface area contributed by atoms with Gasteiger partial charge >= 0.3 is 0 Å². The van der Waals surface area contributed by atoms with Gasteiger partial charge in [0, 0.05) is 5.25 Å². The Morgan fingerprint density at radius 2 is 1.95 bits per heavy atom. The molecule has 0 aliphatic carbocycles. The zero-order valence-electron chi connectivity index (χ0n) is 12.3. The highest BCUT2D eigenvalue weighted by Gasteiger charge is 2.24. The molecule has 1 saturated heterocycles. The predicted molar refractivity (Wildman–Crippen MR) is 83.8 cm³/mol. The number of aliphatic hydroxyl groups is 1. The minimum absolute atomic E-state index is 0.302. The van der Waals surface area contributed by atoms with Crippen molar-refractivity contribution in [3.63, 3.8) is 0 Å². The van der Waals surface area contributed by atoms with Gasteiger partial charge in [-0.3, -0.25) is 0 Å². The molecule has 2 unspecified atom stereocenters. The van der Waals surface area contributed by atoms with Crippen molar-refractivity contribution in [3.8, 4) is 11.5 Å². The van der Waals surface area contributed by atoms with E-state index in [2.05, 4.69) is 0 Å². The molecule has 1 aromatic carbocycles. The van der Waals surface area contributed by atoms with Crippen LogP contribution < -0.4 is 9.47 Å². The van der Waals surface area contributed by atoms with Crippen molar-refractivity contribution < 1.29 is 14.6 Å². The molecule has 1 aromatic rings. The Labute approximate surface area is 125 Å². The van der Waals surface area contributed by atoms with Crippen molar-refractivity contribution in [1.29, 1.82) is 0 Å². The van der Waals surface area contributed by atoms with Gasteiger partial charge in [0.15, 0.2) is 11.5 Å². The van der Waals surface area contributed by atoms with Crippen LogP contribution in [0.15, 0.2) is 18.2 Å². The number of ether oxygens (including phenoxy) is 2. The van der Waals surface area contributed by atoms with Gasteiger partial charge in [-0.2, -0.15) is 11.8 Å². The highest BCUT2D eigenvalue weighted by molar-refractivity contribution is 7.99. The lowest BCUT2D eigenvalue weighted by Gasteiger charge is -2.26. The number of thioether (sulfide) groups is 1. The fourth-order valence-corrected chi connectivity index (χ4v) is 3.83. The van der Waals surface area contributed by atoms with Crippen molar-refractivity contribution >= 4 is 11.8 Å². The van der Waals surface area contributed by atoms with Gasteiger partial charge in [0.1, 0.15) is 0 Å². The van der Waals surface area contributed by atoms with Crippen LogP contribution in [0.1, 0.15) is 44.8 Å². The molecule has 3 nitrogen and oxygen atoms in total. The lowest BCUT2D eigenvalue weighted by molar-refractivity contribution is 0.168. The molecule has 1 aliphatic heterocycles. The van der Waals surface area contributed by atoms with Crippen LogP contribution in [0.4, 0.5) is 0 Å². The summed E-state index contributed by atoms with van der Waals surface area (Å²) in [7, 11) is 0. The first-order valence-corrected chi connectivity index (χ1v) is 8.50. The van der Waals surface area contributed by atoms with Crippen molar-refractivity contribution in [1.82, 2.24) is 0 Å². The molecule has 0 radical (unpaired) electrons. The van der Waals surface area contributed by atoms with Crippen LogP contribution in [0.3, 0.4) is 0 Å². The molecule has 1 N–H and O–H groups in total. The molecule has 0 amide bonds. The normalized spacial score (nSPS) is 20.4. The summed E-state index contributed by atoms with van der Waals surface area (Å²) < 4.78 is 11.2. The third-order valence-corrected chi connectivity index (χ3v) is 4.92. The molecule has 1 fully saturated rings. The molecule has 1 aliphatic rings. The molecule has 2 rings (SSSR count). The Morgan fingerprint density at radius 1 is 1.20 bits per heavy atom. The van der Waals surface area contributed by atoms with Gasteiger partial charge in [-0.05, 0) is 50.1 Å². The lowest BCUT2D eigenvalue weighted by atomic mass is 10.0. The van der Waals surface area contributed by atoms with Crippen molar-refractivity contribution in [2.45, 2.75) is 44.5 Å². The van der Waals surface area contributed by atoms with Crippen LogP contribution in [0.2, 0.25) is 0 Å². The van der Waals surface area contributed by atoms with Crippen molar-refractivity contribution in [3.05, 3.63) is 23.8 Å². The first-order chi connectivity index (χ1) is 9.76. The number of hydrogen-bond acceptors (Lipinski definition) is 4. The number of rotatable bonds is 6. The van der Waals surface area contributed by atoms with Crippen LogP contribution in [-0.2, 0) is 0 Å². The second kappa shape index (κ2) is 7.79. The standard InChI is InChI=1S/C16H24O3S/c1-3-18-13-9-8-12(11-14(13)19-4-2)16(17)15-7-5-6-10-20-15/h8-9,11,15-17H,3-7,10H2,1-2H3. The van der Waals surface area contributed by atoms with E-state index in [0.717, 1.165) is 29.2 Å². The topological polar surface area (TPSA) is 38.7 Å². The maximum Gasteiger partial charge on any atom is 0.161 e. The summed E-state index contributed by atoms with van der Waals surface area (Å²) in [6.07, 6.45) is 3.14. The van der Waals surface area contributed by atoms with Crippen molar-refractivity contribution in [2.24, 2.45) is 0 Å². The molecule has 20 heavy (non-hydrogen) atoms. The number of benzene rings is 1. The molecule has 0 aromatic heterocycles. The van der Waals surface area contributed by atoms with E-state index >= 15 is 0 Å². The van der Waals surface area contributed by atoms with E-state index in [1.54, 1.807) is 0 Å². The van der Waals surface area contributed by atoms with Crippen LogP contribution in [0, 0.1) is 0 Å². The average Bonchev–Trinajstić information content (AvgIpc) is 2.50. The van der Waals surface area contributed by atoms with E-state index in [1.165, 1.54) is 12.8 Å². The Bertz CT molecular complexity index is 416. The fourth-order valence-electron chi connectivity index (χ4n) is 2.48. The third-order valence-electron chi connectivity index (χ3n) is 3.48. The van der Waals surface area contributed by atoms with E-state index in [9.17, 15) is 5.11 Å². The minimum atomic E-state index is -0.421. The van der Waals surface area contributed by atoms with Crippen LogP contribution >= 0.6 is 11.8 Å². The molecule has 2 atom stereocenters. The Hall–Kier alpha value is -0.870. The Morgan fingerprint density at radius 3 is 2.60 bits per heavy atom. The second-order valence-corrected chi connectivity index (χ2v) is 6.27. The molecular formula is C16H24O3S. The van der Waals surface area contributed by atoms with E-state index in [0.29, 0.717) is 18.5 Å². The smallest absolute Gasteiger partial charge is 0.161 e. The fraction of sp³-hybridized carbons (Fsp3) is 0.625. The summed E-state index contributed by atoms with van der Waals surface area (Å²) in [4.78, 5) is 0. The molecule has 0 spiro atoms. The highest BCUT2D eigenvalue weighted by Crippen LogP contribution is 2.37. The number of aliphatic hydroxyl groups excluding tert-OH is 1. The zero-order valence-corrected chi connectivity index (χ0v) is 13.1. The van der Waals surface area contributed by atoms with Crippen LogP contribution in [-0.4, -0.2) is 29.3 Å². The minimum Gasteiger partial charge on any atom is -0.490 e. The summed E-state index contributed by atoms with van der Waals surface area (Å²) >= 11 is 1.88. The van der Waals surface area contributed by atoms with Gasteiger partial charge in [-0.25, -0.2) is 0 Å². The van der Waals surface area contributed by atoms with Crippen LogP contribution in [0.5, 0.6) is 11.5 Å². The van der Waals surface area contributed by atoms with E-state index in [1.807, 2.05) is 43.8 Å². The summed E-state index contributed by atoms with van der Waals surface area (Å²) in [5.74, 6) is 2.63. The average molecular weight is 296 g/mol. The molecule has 4 heteroatoms. The largest absolute Gasteiger partial charge is 0.490 e. The monoisotopic (exact) mass is 296 g/mol. The summed E-state index contributed by atoms with van der Waals surface area (Å²) in [6.45, 7) is 5.12. The van der Waals surface area contributed by atoms with Crippen LogP contribution in [0.25, 0.3) is 0 Å². The SMILES string of the molecule is CCOc1ccc(C(O)C2CCCCS2)cc1OCC. The quantitative estimate of drug-likeness (QED) is 0.866. The van der Waals surface area contributed by atoms with E-state index < -0.39 is 6.10 Å². The predicted octanol–water partition coefficient (Wildman–Crippen LogP) is 3.80. The van der Waals surface area contributed by atoms with Gasteiger partial charge in [0.2, 0.25) is 0 Å². The maximum atomic E-state index is 10.5. The molecule has 1 heterocycles. The van der Waals surface area contributed by atoms with Gasteiger partial charge in [0.05, 0.1) is 19.3 Å². The summed E-state index contributed by atoms with van der Waals surface area (Å²) in [5.41, 5.74) is 0.927. The first-order valence-electron chi connectivity index (χ1n) is 7.45. The lowest BCUT2D eigenvalue weighted by Crippen LogP contribution is -2.19. The third kappa shape index (κ3) is 3.83. The van der Waals surface area contributed by atoms with Gasteiger partial charge in [-0.1, -0.05) is 12.5 Å². The first kappa shape index (κ1) is 15.5. The van der Waals surface area contributed by atoms with E-state index in [-0.39, 0.29) is 0 Å². The van der Waals surface area contributed by atoms with Gasteiger partial charge in [0.25, 0.3) is 0 Å². The maximum absolute atomic E-state index is 10.5. The van der Waals surface area contributed by atoms with Gasteiger partial charge in [-0.15, -0.1) is 0 Å². The molecule has 0 saturated carbocycles. The number of hydrogen-bond donors (Lipinski definition) is 1. The molecular weight excluding hydrogens is 272 g/mol. The highest BCUT2D eigenvalue weighted by atomic mass is 32.2. The molecule has 112 valence electrons. The summed E-state index contributed by atoms with van der Waals surface area (Å²) in [5, 5.41) is 10.8. The van der Waals surface area contributed by atoms with Gasteiger partial charge < -0.3 is 14.6 Å². The van der Waals surface area contributed by atoms with E-state index in [4.69, 9.17) is 9.47 Å². The Balaban J connectivity index is 2.16. The Kier molecular flexibility index (Phi) is 6.05. The molecule has 0 bridgehead atoms. The zero-order chi connectivity index (χ0) is 14.4.